The second-order valence-corrected chi connectivity index (χ2v) is 5.76. The normalized spacial score (nSPS) is 9.87. The molecule has 1 N–H and O–H groups in total. The maximum Gasteiger partial charge on any atom is 1.00 e. The van der Waals surface area contributed by atoms with Gasteiger partial charge in [0.1, 0.15) is 5.75 Å². The van der Waals surface area contributed by atoms with E-state index >= 15 is 0 Å². The Kier molecular flexibility index (Phi) is 22.1. The van der Waals surface area contributed by atoms with Gasteiger partial charge in [-0.2, -0.15) is 0 Å². The SMILES string of the molecule is CCCCCCCCCc1ccc(O)cc1.O=S(=O)([O-])[O-].[Na+].[Na+]. The zero-order valence-electron chi connectivity index (χ0n) is 14.5. The van der Waals surface area contributed by atoms with Crippen LogP contribution >= 0.6 is 0 Å². The van der Waals surface area contributed by atoms with E-state index in [-0.39, 0.29) is 59.1 Å². The minimum Gasteiger partial charge on any atom is -0.759 e. The van der Waals surface area contributed by atoms with Gasteiger partial charge in [-0.1, -0.05) is 57.6 Å². The van der Waals surface area contributed by atoms with Crippen LogP contribution in [0, 0.1) is 0 Å². The average molecular weight is 362 g/mol. The summed E-state index contributed by atoms with van der Waals surface area (Å²) in [5.41, 5.74) is 1.34. The molecule has 5 nitrogen and oxygen atoms in total. The summed E-state index contributed by atoms with van der Waals surface area (Å²) >= 11 is 0. The number of hydrogen-bond donors (Lipinski definition) is 1. The molecule has 23 heavy (non-hydrogen) atoms. The fraction of sp³-hybridized carbons (Fsp3) is 0.600. The van der Waals surface area contributed by atoms with E-state index in [0.29, 0.717) is 5.75 Å². The summed E-state index contributed by atoms with van der Waals surface area (Å²) in [5, 5.41) is 9.15. The van der Waals surface area contributed by atoms with E-state index in [1.165, 1.54) is 50.5 Å². The van der Waals surface area contributed by atoms with Gasteiger partial charge >= 0.3 is 59.1 Å². The Morgan fingerprint density at radius 1 is 0.870 bits per heavy atom. The molecule has 0 fully saturated rings. The molecule has 0 saturated heterocycles. The summed E-state index contributed by atoms with van der Waals surface area (Å²) in [6, 6.07) is 7.59. The molecule has 0 heterocycles. The largest absolute Gasteiger partial charge is 1.00 e. The summed E-state index contributed by atoms with van der Waals surface area (Å²) in [6.45, 7) is 2.25. The fourth-order valence-electron chi connectivity index (χ4n) is 1.95. The van der Waals surface area contributed by atoms with E-state index in [9.17, 15) is 0 Å². The van der Waals surface area contributed by atoms with Gasteiger partial charge in [0.2, 0.25) is 0 Å². The summed E-state index contributed by atoms with van der Waals surface area (Å²) < 4.78 is 34.1. The maximum absolute atomic E-state index is 9.15. The first-order valence-electron chi connectivity index (χ1n) is 7.27. The van der Waals surface area contributed by atoms with Crippen molar-refractivity contribution in [3.63, 3.8) is 0 Å². The molecule has 0 atom stereocenters. The Morgan fingerprint density at radius 2 is 1.26 bits per heavy atom. The quantitative estimate of drug-likeness (QED) is 0.236. The average Bonchev–Trinajstić information content (AvgIpc) is 2.38. The Hall–Kier alpha value is 0.890. The summed E-state index contributed by atoms with van der Waals surface area (Å²) in [7, 11) is -5.17. The van der Waals surface area contributed by atoms with Crippen LogP contribution in [0.25, 0.3) is 0 Å². The van der Waals surface area contributed by atoms with E-state index in [1.807, 2.05) is 12.1 Å². The van der Waals surface area contributed by atoms with E-state index in [0.717, 1.165) is 6.42 Å². The number of benzene rings is 1. The van der Waals surface area contributed by atoms with Gasteiger partial charge in [0, 0.05) is 10.4 Å². The molecule has 0 radical (unpaired) electrons. The van der Waals surface area contributed by atoms with Crippen LogP contribution in [0.5, 0.6) is 5.75 Å². The summed E-state index contributed by atoms with van der Waals surface area (Å²) in [5.74, 6) is 0.364. The molecule has 0 amide bonds. The molecule has 8 heteroatoms. The molecule has 1 aromatic carbocycles. The Bertz CT molecular complexity index is 455. The van der Waals surface area contributed by atoms with E-state index in [4.69, 9.17) is 22.6 Å². The monoisotopic (exact) mass is 362 g/mol. The predicted octanol–water partition coefficient (Wildman–Crippen LogP) is -2.64. The minimum atomic E-state index is -5.17. The second-order valence-electron chi connectivity index (χ2n) is 4.95. The van der Waals surface area contributed by atoms with Crippen molar-refractivity contribution in [1.82, 2.24) is 0 Å². The van der Waals surface area contributed by atoms with Gasteiger partial charge in [0.15, 0.2) is 0 Å². The first-order valence-corrected chi connectivity index (χ1v) is 8.61. The van der Waals surface area contributed by atoms with Gasteiger partial charge in [-0.3, -0.25) is 8.42 Å². The molecule has 122 valence electrons. The minimum absolute atomic E-state index is 0. The number of aromatic hydroxyl groups is 1. The van der Waals surface area contributed by atoms with Crippen LogP contribution in [-0.2, 0) is 16.8 Å². The first-order chi connectivity index (χ1) is 9.83. The third-order valence-electron chi connectivity index (χ3n) is 3.01. The number of unbranched alkanes of at least 4 members (excludes halogenated alkanes) is 6. The van der Waals surface area contributed by atoms with Crippen molar-refractivity contribution in [3.8, 4) is 5.75 Å². The number of phenolic OH excluding ortho intramolecular Hbond substituents is 1. The number of aryl methyl sites for hydroxylation is 1. The van der Waals surface area contributed by atoms with Gasteiger partial charge in [-0.15, -0.1) is 0 Å². The molecule has 0 spiro atoms. The van der Waals surface area contributed by atoms with Crippen LogP contribution in [0.15, 0.2) is 24.3 Å². The third-order valence-corrected chi connectivity index (χ3v) is 3.01. The van der Waals surface area contributed by atoms with Crippen LogP contribution in [0.4, 0.5) is 0 Å². The van der Waals surface area contributed by atoms with Crippen LogP contribution in [0.1, 0.15) is 57.4 Å². The Balaban J connectivity index is -0.000000502. The molecule has 1 rings (SSSR count). The molecular formula is C15H24Na2O5S. The third kappa shape index (κ3) is 25.2. The molecular weight excluding hydrogens is 338 g/mol. The zero-order chi connectivity index (χ0) is 16.1. The van der Waals surface area contributed by atoms with E-state index in [1.54, 1.807) is 12.1 Å². The van der Waals surface area contributed by atoms with Gasteiger partial charge in [0.05, 0.1) is 0 Å². The molecule has 1 aromatic rings. The summed E-state index contributed by atoms with van der Waals surface area (Å²) in [6.07, 6.45) is 10.6. The number of rotatable bonds is 8. The van der Waals surface area contributed by atoms with Gasteiger partial charge < -0.3 is 14.2 Å². The Labute approximate surface area is 184 Å². The molecule has 0 aromatic heterocycles. The summed E-state index contributed by atoms with van der Waals surface area (Å²) in [4.78, 5) is 0. The van der Waals surface area contributed by atoms with Crippen molar-refractivity contribution in [2.75, 3.05) is 0 Å². The van der Waals surface area contributed by atoms with Gasteiger partial charge in [-0.25, -0.2) is 0 Å². The van der Waals surface area contributed by atoms with Crippen molar-refractivity contribution in [1.29, 1.82) is 0 Å². The van der Waals surface area contributed by atoms with Crippen LogP contribution < -0.4 is 59.1 Å². The van der Waals surface area contributed by atoms with Crippen LogP contribution in [-0.4, -0.2) is 22.6 Å². The van der Waals surface area contributed by atoms with Crippen molar-refractivity contribution in [3.05, 3.63) is 29.8 Å². The Morgan fingerprint density at radius 3 is 1.70 bits per heavy atom. The first kappa shape index (κ1) is 28.7. The van der Waals surface area contributed by atoms with Crippen LogP contribution in [0.3, 0.4) is 0 Å². The van der Waals surface area contributed by atoms with Crippen LogP contribution in [0.2, 0.25) is 0 Å². The molecule has 0 aliphatic heterocycles. The molecule has 0 unspecified atom stereocenters. The molecule has 0 saturated carbocycles. The number of phenols is 1. The molecule has 0 aliphatic carbocycles. The molecule has 0 aliphatic rings. The maximum atomic E-state index is 9.15. The second kappa shape index (κ2) is 17.7. The van der Waals surface area contributed by atoms with Gasteiger partial charge in [-0.05, 0) is 30.5 Å². The van der Waals surface area contributed by atoms with Crippen molar-refractivity contribution in [2.24, 2.45) is 0 Å². The predicted molar refractivity (Wildman–Crippen MR) is 80.3 cm³/mol. The van der Waals surface area contributed by atoms with E-state index in [2.05, 4.69) is 6.92 Å². The standard InChI is InChI=1S/C15H24O.2Na.H2O4S/c1-2-3-4-5-6-7-8-9-14-10-12-15(16)13-11-14;;;1-5(2,3)4/h10-13,16H,2-9H2,1H3;;;(H2,1,2,3,4)/q;2*+1;/p-2. The topological polar surface area (TPSA) is 100 Å². The van der Waals surface area contributed by atoms with Gasteiger partial charge in [0.25, 0.3) is 0 Å². The smallest absolute Gasteiger partial charge is 0.759 e. The zero-order valence-corrected chi connectivity index (χ0v) is 19.3. The van der Waals surface area contributed by atoms with Crippen molar-refractivity contribution < 1.29 is 81.7 Å². The van der Waals surface area contributed by atoms with Crippen molar-refractivity contribution >= 4 is 10.4 Å². The van der Waals surface area contributed by atoms with Crippen molar-refractivity contribution in [2.45, 2.75) is 58.3 Å². The molecule has 0 bridgehead atoms. The van der Waals surface area contributed by atoms with E-state index < -0.39 is 10.4 Å². The fourth-order valence-corrected chi connectivity index (χ4v) is 1.95. The number of hydrogen-bond acceptors (Lipinski definition) is 5.